The molecule has 7 heteroatoms. The molecule has 14 heavy (non-hydrogen) atoms. The first kappa shape index (κ1) is 14.5. The van der Waals surface area contributed by atoms with Crippen LogP contribution in [0.4, 0.5) is 0 Å². The zero-order chi connectivity index (χ0) is 11.0. The summed E-state index contributed by atoms with van der Waals surface area (Å²) in [5.74, 6) is 0. The fourth-order valence-corrected chi connectivity index (χ4v) is 2.68. The number of hydrogen-bond donors (Lipinski definition) is 2. The Hall–Kier alpha value is 0.450. The molecule has 0 heterocycles. The van der Waals surface area contributed by atoms with Gasteiger partial charge in [-0.15, -0.1) is 0 Å². The normalized spacial score (nSPS) is 14.3. The molecule has 0 spiro atoms. The summed E-state index contributed by atoms with van der Waals surface area (Å²) in [6, 6.07) is 0. The average Bonchev–Trinajstić information content (AvgIpc) is 2.15. The van der Waals surface area contributed by atoms with Crippen LogP contribution in [-0.2, 0) is 25.4 Å². The van der Waals surface area contributed by atoms with Crippen molar-refractivity contribution >= 4 is 18.5 Å². The fraction of sp³-hybridized carbons (Fsp3) is 1.00. The van der Waals surface area contributed by atoms with Gasteiger partial charge in [0, 0.05) is 0 Å². The lowest BCUT2D eigenvalue weighted by Crippen LogP contribution is -2.19. The van der Waals surface area contributed by atoms with E-state index in [1.807, 2.05) is 0 Å². The van der Waals surface area contributed by atoms with E-state index >= 15 is 0 Å². The molecule has 0 aliphatic carbocycles. The van der Waals surface area contributed by atoms with Crippen molar-refractivity contribution in [2.75, 3.05) is 26.4 Å². The first-order chi connectivity index (χ1) is 6.58. The second kappa shape index (κ2) is 7.70. The summed E-state index contributed by atoms with van der Waals surface area (Å²) in [6.45, 7) is 1.19. The van der Waals surface area contributed by atoms with Gasteiger partial charge in [0.05, 0.1) is 26.4 Å². The molecule has 0 saturated heterocycles. The Balaban J connectivity index is 4.02. The van der Waals surface area contributed by atoms with Gasteiger partial charge in [0.2, 0.25) is 0 Å². The van der Waals surface area contributed by atoms with E-state index in [1.165, 1.54) is 0 Å². The lowest BCUT2D eigenvalue weighted by molar-refractivity contribution is 0.0417. The van der Waals surface area contributed by atoms with Crippen LogP contribution < -0.4 is 0 Å². The number of hydrogen-bond acceptors (Lipinski definition) is 6. The van der Waals surface area contributed by atoms with Gasteiger partial charge >= 0.3 is 6.72 Å². The minimum absolute atomic E-state index is 0.0756. The van der Waals surface area contributed by atoms with Crippen LogP contribution in [0.25, 0.3) is 0 Å². The number of rotatable bonds is 8. The maximum Gasteiger partial charge on any atom is 0.327 e. The van der Waals surface area contributed by atoms with Crippen molar-refractivity contribution in [3.63, 3.8) is 0 Å². The summed E-state index contributed by atoms with van der Waals surface area (Å²) in [4.78, 5) is 0. The molecule has 0 rings (SSSR count). The highest BCUT2D eigenvalue weighted by Gasteiger charge is 2.20. The summed E-state index contributed by atoms with van der Waals surface area (Å²) in [6.07, 6.45) is -0.946. The predicted octanol–water partition coefficient (Wildman–Crippen LogP) is 0.654. The Morgan fingerprint density at radius 1 is 1.21 bits per heavy atom. The van der Waals surface area contributed by atoms with Crippen molar-refractivity contribution in [3.05, 3.63) is 0 Å². The summed E-state index contributed by atoms with van der Waals surface area (Å²) >= 11 is 5.02. The molecule has 2 N–H and O–H groups in total. The lowest BCUT2D eigenvalue weighted by atomic mass is 10.4. The van der Waals surface area contributed by atoms with Gasteiger partial charge in [0.25, 0.3) is 0 Å². The minimum atomic E-state index is -2.72. The van der Waals surface area contributed by atoms with Crippen molar-refractivity contribution in [2.24, 2.45) is 0 Å². The van der Waals surface area contributed by atoms with Crippen LogP contribution in [0.2, 0.25) is 0 Å². The molecular formula is C7H17O5PS. The molecule has 0 saturated carbocycles. The Morgan fingerprint density at radius 2 is 1.71 bits per heavy atom. The molecule has 0 unspecified atom stereocenters. The van der Waals surface area contributed by atoms with Crippen molar-refractivity contribution in [1.29, 1.82) is 0 Å². The highest BCUT2D eigenvalue weighted by atomic mass is 32.5. The van der Waals surface area contributed by atoms with Crippen LogP contribution in [0.5, 0.6) is 0 Å². The Morgan fingerprint density at radius 3 is 2.07 bits per heavy atom. The molecule has 0 aromatic carbocycles. The van der Waals surface area contributed by atoms with E-state index in [4.69, 9.17) is 35.6 Å². The number of aliphatic hydroxyl groups excluding tert-OH is 2. The van der Waals surface area contributed by atoms with Gasteiger partial charge in [-0.2, -0.15) is 0 Å². The Labute approximate surface area is 89.2 Å². The molecule has 5 nitrogen and oxygen atoms in total. The third-order valence-corrected chi connectivity index (χ3v) is 3.77. The van der Waals surface area contributed by atoms with E-state index < -0.39 is 12.8 Å². The topological polar surface area (TPSA) is 68.2 Å². The summed E-state index contributed by atoms with van der Waals surface area (Å²) < 4.78 is 15.4. The van der Waals surface area contributed by atoms with Gasteiger partial charge in [-0.05, 0) is 25.7 Å². The second-order valence-corrected chi connectivity index (χ2v) is 5.43. The second-order valence-electron chi connectivity index (χ2n) is 2.41. The van der Waals surface area contributed by atoms with Gasteiger partial charge < -0.3 is 23.8 Å². The minimum Gasteiger partial charge on any atom is -0.394 e. The SMILES string of the molecule is CCOP(=S)(OCC)OC[C@@H](O)CO. The molecule has 0 aliphatic heterocycles. The molecule has 0 amide bonds. The maximum absolute atomic E-state index is 9.04. The Kier molecular flexibility index (Phi) is 7.95. The van der Waals surface area contributed by atoms with Gasteiger partial charge in [0.15, 0.2) is 0 Å². The van der Waals surface area contributed by atoms with Gasteiger partial charge in [-0.25, -0.2) is 0 Å². The van der Waals surface area contributed by atoms with Crippen LogP contribution in [0.15, 0.2) is 0 Å². The quantitative estimate of drug-likeness (QED) is 0.611. The van der Waals surface area contributed by atoms with E-state index in [9.17, 15) is 0 Å². The van der Waals surface area contributed by atoms with Gasteiger partial charge in [-0.1, -0.05) is 0 Å². The molecule has 0 fully saturated rings. The molecule has 0 aromatic rings. The third-order valence-electron chi connectivity index (χ3n) is 1.21. The molecule has 1 atom stereocenters. The molecule has 0 aliphatic rings. The monoisotopic (exact) mass is 244 g/mol. The molecule has 86 valence electrons. The first-order valence-electron chi connectivity index (χ1n) is 4.40. The molecule has 0 bridgehead atoms. The summed E-state index contributed by atoms with van der Waals surface area (Å²) in [5.41, 5.74) is 0. The van der Waals surface area contributed by atoms with Crippen LogP contribution in [0, 0.1) is 0 Å². The van der Waals surface area contributed by atoms with Crippen LogP contribution >= 0.6 is 6.72 Å². The van der Waals surface area contributed by atoms with Crippen LogP contribution in [-0.4, -0.2) is 42.7 Å². The van der Waals surface area contributed by atoms with Crippen LogP contribution in [0.1, 0.15) is 13.8 Å². The van der Waals surface area contributed by atoms with E-state index in [1.54, 1.807) is 13.8 Å². The smallest absolute Gasteiger partial charge is 0.327 e. The van der Waals surface area contributed by atoms with E-state index in [0.717, 1.165) is 0 Å². The highest BCUT2D eigenvalue weighted by molar-refractivity contribution is 8.07. The zero-order valence-electron chi connectivity index (χ0n) is 8.38. The Bertz CT molecular complexity index is 179. The van der Waals surface area contributed by atoms with Crippen molar-refractivity contribution in [2.45, 2.75) is 20.0 Å². The average molecular weight is 244 g/mol. The highest BCUT2D eigenvalue weighted by Crippen LogP contribution is 2.49. The van der Waals surface area contributed by atoms with E-state index in [-0.39, 0.29) is 13.2 Å². The van der Waals surface area contributed by atoms with Gasteiger partial charge in [0.1, 0.15) is 6.10 Å². The first-order valence-corrected chi connectivity index (χ1v) is 6.96. The zero-order valence-corrected chi connectivity index (χ0v) is 10.1. The summed E-state index contributed by atoms with van der Waals surface area (Å²) in [7, 11) is 0. The molecule has 0 aromatic heterocycles. The van der Waals surface area contributed by atoms with Crippen molar-refractivity contribution in [3.8, 4) is 0 Å². The van der Waals surface area contributed by atoms with Crippen molar-refractivity contribution < 1.29 is 23.8 Å². The largest absolute Gasteiger partial charge is 0.394 e. The van der Waals surface area contributed by atoms with E-state index in [2.05, 4.69) is 0 Å². The molecular weight excluding hydrogens is 227 g/mol. The molecule has 0 radical (unpaired) electrons. The summed E-state index contributed by atoms with van der Waals surface area (Å²) in [5, 5.41) is 17.6. The van der Waals surface area contributed by atoms with Gasteiger partial charge in [-0.3, -0.25) is 0 Å². The van der Waals surface area contributed by atoms with Crippen molar-refractivity contribution in [1.82, 2.24) is 0 Å². The van der Waals surface area contributed by atoms with Crippen LogP contribution in [0.3, 0.4) is 0 Å². The lowest BCUT2D eigenvalue weighted by Gasteiger charge is -2.21. The number of aliphatic hydroxyl groups is 2. The van der Waals surface area contributed by atoms with E-state index in [0.29, 0.717) is 13.2 Å². The standard InChI is InChI=1S/C7H17O5PS/c1-3-10-13(14,11-4-2)12-6-7(9)5-8/h7-9H,3-6H2,1-2H3/t7-/m0/s1. The predicted molar refractivity (Wildman–Crippen MR) is 56.6 cm³/mol. The fourth-order valence-electron chi connectivity index (χ4n) is 0.658. The maximum atomic E-state index is 9.04. The third kappa shape index (κ3) is 6.03.